The van der Waals surface area contributed by atoms with E-state index in [-0.39, 0.29) is 5.91 Å². The van der Waals surface area contributed by atoms with Crippen LogP contribution in [0.15, 0.2) is 18.2 Å². The molecule has 2 amide bonds. The zero-order valence-electron chi connectivity index (χ0n) is 13.6. The number of carbonyl (C=O) groups excluding carboxylic acids is 2. The molecule has 1 saturated carbocycles. The number of aryl methyl sites for hydroxylation is 1. The van der Waals surface area contributed by atoms with E-state index in [9.17, 15) is 18.4 Å². The topological polar surface area (TPSA) is 63.4 Å². The number of rotatable bonds is 5. The van der Waals surface area contributed by atoms with Crippen molar-refractivity contribution in [2.24, 2.45) is 17.1 Å². The molecule has 2 fully saturated rings. The standard InChI is InChI=1S/C18H22F2N2O2/c19-14-6-5-12(10-15(14)20)3-4-13-2-1-9-22(11-13)17(24)18(7-8-18)16(21)23/h5-6,10,13H,1-4,7-9,11H2,(H2,21,23)/t13-/m1/s1. The fourth-order valence-electron chi connectivity index (χ4n) is 3.54. The fraction of sp³-hybridized carbons (Fsp3) is 0.556. The maximum atomic E-state index is 13.3. The summed E-state index contributed by atoms with van der Waals surface area (Å²) in [5.41, 5.74) is 5.18. The van der Waals surface area contributed by atoms with Crippen molar-refractivity contribution in [2.45, 2.75) is 38.5 Å². The maximum Gasteiger partial charge on any atom is 0.238 e. The summed E-state index contributed by atoms with van der Waals surface area (Å²) in [6, 6.07) is 3.97. The third kappa shape index (κ3) is 3.28. The largest absolute Gasteiger partial charge is 0.369 e. The number of halogens is 2. The number of likely N-dealkylation sites (tertiary alicyclic amines) is 1. The van der Waals surface area contributed by atoms with E-state index in [2.05, 4.69) is 0 Å². The normalized spacial score (nSPS) is 22.2. The first-order valence-electron chi connectivity index (χ1n) is 8.45. The van der Waals surface area contributed by atoms with Gasteiger partial charge in [0.05, 0.1) is 0 Å². The first kappa shape index (κ1) is 16.9. The Hall–Kier alpha value is -1.98. The van der Waals surface area contributed by atoms with Gasteiger partial charge < -0.3 is 10.6 Å². The van der Waals surface area contributed by atoms with Crippen molar-refractivity contribution >= 4 is 11.8 Å². The zero-order valence-corrected chi connectivity index (χ0v) is 13.6. The number of primary amides is 1. The summed E-state index contributed by atoms with van der Waals surface area (Å²) in [5.74, 6) is -2.01. The molecule has 1 aliphatic carbocycles. The quantitative estimate of drug-likeness (QED) is 0.839. The number of amides is 2. The van der Waals surface area contributed by atoms with Gasteiger partial charge in [-0.2, -0.15) is 0 Å². The number of benzene rings is 1. The second kappa shape index (κ2) is 6.49. The molecule has 0 unspecified atom stereocenters. The second-order valence-electron chi connectivity index (χ2n) is 6.99. The molecule has 1 aromatic rings. The molecule has 3 rings (SSSR count). The molecule has 2 N–H and O–H groups in total. The number of nitrogens with zero attached hydrogens (tertiary/aromatic N) is 1. The van der Waals surface area contributed by atoms with E-state index in [0.29, 0.717) is 38.3 Å². The van der Waals surface area contributed by atoms with Crippen LogP contribution >= 0.6 is 0 Å². The van der Waals surface area contributed by atoms with Gasteiger partial charge in [0.2, 0.25) is 11.8 Å². The molecule has 0 radical (unpaired) electrons. The van der Waals surface area contributed by atoms with Crippen LogP contribution < -0.4 is 5.73 Å². The second-order valence-corrected chi connectivity index (χ2v) is 6.99. The molecule has 0 bridgehead atoms. The summed E-state index contributed by atoms with van der Waals surface area (Å²) in [7, 11) is 0. The SMILES string of the molecule is NC(=O)C1(C(=O)N2CCC[C@H](CCc3ccc(F)c(F)c3)C2)CC1. The Morgan fingerprint density at radius 2 is 2.00 bits per heavy atom. The summed E-state index contributed by atoms with van der Waals surface area (Å²) in [6.07, 6.45) is 4.44. The summed E-state index contributed by atoms with van der Waals surface area (Å²) in [6.45, 7) is 1.27. The Balaban J connectivity index is 1.57. The number of carbonyl (C=O) groups is 2. The molecule has 2 aliphatic rings. The van der Waals surface area contributed by atoms with Gasteiger partial charge in [-0.1, -0.05) is 6.07 Å². The van der Waals surface area contributed by atoms with Crippen molar-refractivity contribution in [3.05, 3.63) is 35.4 Å². The van der Waals surface area contributed by atoms with Gasteiger partial charge in [0.15, 0.2) is 11.6 Å². The molecule has 1 saturated heterocycles. The zero-order chi connectivity index (χ0) is 17.3. The Kier molecular flexibility index (Phi) is 4.56. The van der Waals surface area contributed by atoms with Crippen LogP contribution in [-0.2, 0) is 16.0 Å². The maximum absolute atomic E-state index is 13.3. The molecule has 4 nitrogen and oxygen atoms in total. The predicted molar refractivity (Wildman–Crippen MR) is 84.8 cm³/mol. The highest BCUT2D eigenvalue weighted by Crippen LogP contribution is 2.47. The van der Waals surface area contributed by atoms with E-state index in [1.54, 1.807) is 11.0 Å². The van der Waals surface area contributed by atoms with Crippen LogP contribution in [0.2, 0.25) is 0 Å². The smallest absolute Gasteiger partial charge is 0.238 e. The van der Waals surface area contributed by atoms with E-state index in [4.69, 9.17) is 5.73 Å². The van der Waals surface area contributed by atoms with E-state index in [0.717, 1.165) is 30.9 Å². The predicted octanol–water partition coefficient (Wildman–Crippen LogP) is 2.40. The molecule has 130 valence electrons. The van der Waals surface area contributed by atoms with Gasteiger partial charge in [0, 0.05) is 13.1 Å². The first-order valence-corrected chi connectivity index (χ1v) is 8.45. The Bertz CT molecular complexity index is 658. The molecular weight excluding hydrogens is 314 g/mol. The molecule has 24 heavy (non-hydrogen) atoms. The third-order valence-corrected chi connectivity index (χ3v) is 5.26. The lowest BCUT2D eigenvalue weighted by atomic mass is 9.90. The van der Waals surface area contributed by atoms with Crippen LogP contribution in [0.5, 0.6) is 0 Å². The summed E-state index contributed by atoms with van der Waals surface area (Å²) < 4.78 is 26.2. The number of hydrogen-bond acceptors (Lipinski definition) is 2. The number of piperidine rings is 1. The van der Waals surface area contributed by atoms with Crippen molar-refractivity contribution in [1.29, 1.82) is 0 Å². The highest BCUT2D eigenvalue weighted by molar-refractivity contribution is 6.07. The minimum absolute atomic E-state index is 0.132. The van der Waals surface area contributed by atoms with Gasteiger partial charge in [-0.05, 0) is 62.1 Å². The van der Waals surface area contributed by atoms with Crippen molar-refractivity contribution < 1.29 is 18.4 Å². The highest BCUT2D eigenvalue weighted by Gasteiger charge is 2.57. The van der Waals surface area contributed by atoms with Gasteiger partial charge in [-0.3, -0.25) is 9.59 Å². The van der Waals surface area contributed by atoms with E-state index in [1.165, 1.54) is 6.07 Å². The monoisotopic (exact) mass is 336 g/mol. The lowest BCUT2D eigenvalue weighted by Crippen LogP contribution is -2.47. The Morgan fingerprint density at radius 3 is 2.62 bits per heavy atom. The van der Waals surface area contributed by atoms with E-state index in [1.807, 2.05) is 0 Å². The summed E-state index contributed by atoms with van der Waals surface area (Å²) in [4.78, 5) is 25.8. The number of nitrogens with two attached hydrogens (primary N) is 1. The molecule has 0 aromatic heterocycles. The van der Waals surface area contributed by atoms with Crippen LogP contribution in [0.1, 0.15) is 37.7 Å². The summed E-state index contributed by atoms with van der Waals surface area (Å²) in [5, 5.41) is 0. The van der Waals surface area contributed by atoms with Gasteiger partial charge in [-0.25, -0.2) is 8.78 Å². The van der Waals surface area contributed by atoms with Gasteiger partial charge >= 0.3 is 0 Å². The lowest BCUT2D eigenvalue weighted by molar-refractivity contribution is -0.144. The molecule has 0 spiro atoms. The first-order chi connectivity index (χ1) is 11.4. The molecular formula is C18H22F2N2O2. The van der Waals surface area contributed by atoms with Crippen LogP contribution in [0.4, 0.5) is 8.78 Å². The van der Waals surface area contributed by atoms with Crippen molar-refractivity contribution in [3.63, 3.8) is 0 Å². The summed E-state index contributed by atoms with van der Waals surface area (Å²) >= 11 is 0. The van der Waals surface area contributed by atoms with Crippen LogP contribution in [-0.4, -0.2) is 29.8 Å². The van der Waals surface area contributed by atoms with Gasteiger partial charge in [0.25, 0.3) is 0 Å². The molecule has 6 heteroatoms. The average molecular weight is 336 g/mol. The fourth-order valence-corrected chi connectivity index (χ4v) is 3.54. The number of hydrogen-bond donors (Lipinski definition) is 1. The molecule has 1 aliphatic heterocycles. The minimum atomic E-state index is -0.956. The van der Waals surface area contributed by atoms with Crippen molar-refractivity contribution in [3.8, 4) is 0 Å². The Labute approximate surface area is 140 Å². The van der Waals surface area contributed by atoms with Gasteiger partial charge in [0.1, 0.15) is 5.41 Å². The lowest BCUT2D eigenvalue weighted by Gasteiger charge is -2.34. The van der Waals surface area contributed by atoms with E-state index < -0.39 is 23.0 Å². The van der Waals surface area contributed by atoms with Crippen LogP contribution in [0.3, 0.4) is 0 Å². The highest BCUT2D eigenvalue weighted by atomic mass is 19.2. The van der Waals surface area contributed by atoms with Crippen molar-refractivity contribution in [1.82, 2.24) is 4.90 Å². The molecule has 1 heterocycles. The Morgan fingerprint density at radius 1 is 1.25 bits per heavy atom. The molecule has 1 aromatic carbocycles. The van der Waals surface area contributed by atoms with E-state index >= 15 is 0 Å². The van der Waals surface area contributed by atoms with Gasteiger partial charge in [-0.15, -0.1) is 0 Å². The van der Waals surface area contributed by atoms with Crippen LogP contribution in [0, 0.1) is 23.0 Å². The van der Waals surface area contributed by atoms with Crippen molar-refractivity contribution in [2.75, 3.05) is 13.1 Å². The van der Waals surface area contributed by atoms with Crippen LogP contribution in [0.25, 0.3) is 0 Å². The third-order valence-electron chi connectivity index (χ3n) is 5.26. The molecule has 1 atom stereocenters. The average Bonchev–Trinajstić information content (AvgIpc) is 3.37. The minimum Gasteiger partial charge on any atom is -0.369 e.